The molecule has 2 aromatic rings. The summed E-state index contributed by atoms with van der Waals surface area (Å²) in [6.07, 6.45) is 3.15. The van der Waals surface area contributed by atoms with Crippen molar-refractivity contribution in [2.75, 3.05) is 5.32 Å². The number of carbonyl (C=O) groups is 1. The number of anilines is 1. The Hall–Kier alpha value is -2.43. The quantitative estimate of drug-likeness (QED) is 0.879. The Balaban J connectivity index is 2.25. The average Bonchev–Trinajstić information content (AvgIpc) is 2.43. The number of hydrogen-bond donors (Lipinski definition) is 2. The molecule has 2 N–H and O–H groups in total. The topological polar surface area (TPSA) is 74.8 Å². The van der Waals surface area contributed by atoms with Gasteiger partial charge in [0.1, 0.15) is 5.82 Å². The molecule has 2 rings (SSSR count). The molecule has 5 nitrogen and oxygen atoms in total. The maximum Gasteiger partial charge on any atom is 0.346 e. The first-order valence-electron chi connectivity index (χ1n) is 6.15. The number of aromatic nitrogens is 2. The summed E-state index contributed by atoms with van der Waals surface area (Å²) in [7, 11) is 0. The molecule has 5 heteroatoms. The van der Waals surface area contributed by atoms with Crippen molar-refractivity contribution >= 4 is 11.7 Å². The Kier molecular flexibility index (Phi) is 4.07. The minimum absolute atomic E-state index is 0.250. The normalized spacial score (nSPS) is 10.2. The number of nitrogens with one attached hydrogen (secondary N) is 2. The summed E-state index contributed by atoms with van der Waals surface area (Å²) < 4.78 is 0. The Morgan fingerprint density at radius 2 is 2.05 bits per heavy atom. The van der Waals surface area contributed by atoms with Crippen LogP contribution >= 0.6 is 0 Å². The van der Waals surface area contributed by atoms with Crippen molar-refractivity contribution in [3.05, 3.63) is 58.1 Å². The van der Waals surface area contributed by atoms with Crippen molar-refractivity contribution < 1.29 is 4.79 Å². The van der Waals surface area contributed by atoms with Crippen LogP contribution in [0.2, 0.25) is 0 Å². The van der Waals surface area contributed by atoms with Gasteiger partial charge in [-0.3, -0.25) is 9.78 Å². The smallest absolute Gasteiger partial charge is 0.308 e. The highest BCUT2D eigenvalue weighted by Gasteiger charge is 2.09. The summed E-state index contributed by atoms with van der Waals surface area (Å²) in [5.41, 5.74) is 0.900. The second-order valence-corrected chi connectivity index (χ2v) is 4.16. The van der Waals surface area contributed by atoms with Crippen LogP contribution in [0.25, 0.3) is 0 Å². The second-order valence-electron chi connectivity index (χ2n) is 4.16. The van der Waals surface area contributed by atoms with Crippen LogP contribution in [0.1, 0.15) is 29.3 Å². The number of H-pyrrole nitrogens is 1. The van der Waals surface area contributed by atoms with Crippen molar-refractivity contribution in [1.82, 2.24) is 9.97 Å². The molecule has 0 radical (unpaired) electrons. The lowest BCUT2D eigenvalue weighted by Crippen LogP contribution is -2.20. The summed E-state index contributed by atoms with van der Waals surface area (Å²) in [6.45, 7) is 2.02. The number of aromatic amines is 1. The Labute approximate surface area is 110 Å². The van der Waals surface area contributed by atoms with Crippen molar-refractivity contribution in [3.8, 4) is 0 Å². The van der Waals surface area contributed by atoms with Gasteiger partial charge in [-0.25, -0.2) is 9.78 Å². The molecular formula is C14H15N3O2. The summed E-state index contributed by atoms with van der Waals surface area (Å²) in [5.74, 6) is 0.176. The molecule has 0 atom stereocenters. The fourth-order valence-corrected chi connectivity index (χ4v) is 1.77. The van der Waals surface area contributed by atoms with Crippen molar-refractivity contribution in [1.29, 1.82) is 0 Å². The van der Waals surface area contributed by atoms with E-state index in [9.17, 15) is 9.59 Å². The van der Waals surface area contributed by atoms with E-state index in [4.69, 9.17) is 0 Å². The van der Waals surface area contributed by atoms with E-state index in [1.807, 2.05) is 13.0 Å². The first-order chi connectivity index (χ1) is 9.20. The number of hydrogen-bond acceptors (Lipinski definition) is 3. The molecule has 0 fully saturated rings. The van der Waals surface area contributed by atoms with Crippen molar-refractivity contribution in [2.45, 2.75) is 19.8 Å². The lowest BCUT2D eigenvalue weighted by molar-refractivity contribution is 0.102. The van der Waals surface area contributed by atoms with E-state index in [1.165, 1.54) is 6.20 Å². The highest BCUT2D eigenvalue weighted by Crippen LogP contribution is 2.12. The Bertz CT molecular complexity index is 620. The van der Waals surface area contributed by atoms with Crippen molar-refractivity contribution in [2.24, 2.45) is 0 Å². The number of aryl methyl sites for hydroxylation is 1. The molecule has 0 saturated carbocycles. The zero-order chi connectivity index (χ0) is 13.7. The van der Waals surface area contributed by atoms with E-state index in [0.717, 1.165) is 18.4 Å². The van der Waals surface area contributed by atoms with Crippen LogP contribution in [-0.2, 0) is 6.42 Å². The van der Waals surface area contributed by atoms with Crippen LogP contribution in [0.5, 0.6) is 0 Å². The van der Waals surface area contributed by atoms with Gasteiger partial charge in [-0.05, 0) is 18.6 Å². The molecule has 1 heterocycles. The third kappa shape index (κ3) is 3.28. The molecular weight excluding hydrogens is 242 g/mol. The molecule has 1 aromatic carbocycles. The number of nitrogens with zero attached hydrogens (tertiary/aromatic N) is 1. The lowest BCUT2D eigenvalue weighted by Gasteiger charge is -2.09. The highest BCUT2D eigenvalue weighted by atomic mass is 16.2. The molecule has 0 aliphatic rings. The maximum absolute atomic E-state index is 12.0. The zero-order valence-electron chi connectivity index (χ0n) is 10.6. The molecule has 0 spiro atoms. The largest absolute Gasteiger partial charge is 0.346 e. The van der Waals surface area contributed by atoms with Gasteiger partial charge in [0.25, 0.3) is 5.91 Å². The van der Waals surface area contributed by atoms with E-state index >= 15 is 0 Å². The third-order valence-electron chi connectivity index (χ3n) is 2.68. The monoisotopic (exact) mass is 257 g/mol. The van der Waals surface area contributed by atoms with E-state index in [-0.39, 0.29) is 5.91 Å². The van der Waals surface area contributed by atoms with Crippen LogP contribution < -0.4 is 11.0 Å². The van der Waals surface area contributed by atoms with E-state index in [0.29, 0.717) is 11.4 Å². The van der Waals surface area contributed by atoms with Gasteiger partial charge in [0.15, 0.2) is 0 Å². The van der Waals surface area contributed by atoms with Crippen LogP contribution in [0, 0.1) is 0 Å². The van der Waals surface area contributed by atoms with Gasteiger partial charge in [0, 0.05) is 17.3 Å². The molecule has 1 amide bonds. The van der Waals surface area contributed by atoms with Crippen molar-refractivity contribution in [3.63, 3.8) is 0 Å². The first kappa shape index (κ1) is 13.0. The molecule has 0 bridgehead atoms. The summed E-state index contributed by atoms with van der Waals surface area (Å²) in [4.78, 5) is 29.5. The third-order valence-corrected chi connectivity index (χ3v) is 2.68. The van der Waals surface area contributed by atoms with Gasteiger partial charge < -0.3 is 5.32 Å². The molecule has 98 valence electrons. The minimum Gasteiger partial charge on any atom is -0.308 e. The first-order valence-corrected chi connectivity index (χ1v) is 6.15. The standard InChI is InChI=1S/C14H15N3O2/c1-2-6-11-9-15-14(19)17-12(11)16-13(18)10-7-4-3-5-8-10/h3-5,7-9H,2,6H2,1H3,(H2,15,16,17,18,19). The SMILES string of the molecule is CCCc1cnc(=O)[nH]c1NC(=O)c1ccccc1. The fraction of sp³-hybridized carbons (Fsp3) is 0.214. The predicted octanol–water partition coefficient (Wildman–Crippen LogP) is 1.97. The van der Waals surface area contributed by atoms with Gasteiger partial charge in [0.05, 0.1) is 0 Å². The molecule has 0 aliphatic carbocycles. The molecule has 0 aliphatic heterocycles. The van der Waals surface area contributed by atoms with Crippen LogP contribution in [0.15, 0.2) is 41.3 Å². The predicted molar refractivity (Wildman–Crippen MR) is 73.2 cm³/mol. The van der Waals surface area contributed by atoms with Crippen LogP contribution in [0.4, 0.5) is 5.82 Å². The summed E-state index contributed by atoms with van der Waals surface area (Å²) in [6, 6.07) is 8.85. The van der Waals surface area contributed by atoms with Gasteiger partial charge in [-0.15, -0.1) is 0 Å². The van der Waals surface area contributed by atoms with Gasteiger partial charge in [0.2, 0.25) is 0 Å². The fourth-order valence-electron chi connectivity index (χ4n) is 1.77. The Morgan fingerprint density at radius 1 is 1.32 bits per heavy atom. The number of rotatable bonds is 4. The van der Waals surface area contributed by atoms with E-state index < -0.39 is 5.69 Å². The summed E-state index contributed by atoms with van der Waals surface area (Å²) in [5, 5.41) is 2.72. The minimum atomic E-state index is -0.469. The summed E-state index contributed by atoms with van der Waals surface area (Å²) >= 11 is 0. The Morgan fingerprint density at radius 3 is 2.74 bits per heavy atom. The van der Waals surface area contributed by atoms with Crippen LogP contribution in [-0.4, -0.2) is 15.9 Å². The average molecular weight is 257 g/mol. The molecule has 19 heavy (non-hydrogen) atoms. The molecule has 0 unspecified atom stereocenters. The maximum atomic E-state index is 12.0. The molecule has 0 saturated heterocycles. The van der Waals surface area contributed by atoms with Gasteiger partial charge in [-0.1, -0.05) is 31.5 Å². The van der Waals surface area contributed by atoms with Gasteiger partial charge >= 0.3 is 5.69 Å². The lowest BCUT2D eigenvalue weighted by atomic mass is 10.1. The van der Waals surface area contributed by atoms with E-state index in [1.54, 1.807) is 24.3 Å². The van der Waals surface area contributed by atoms with Gasteiger partial charge in [-0.2, -0.15) is 0 Å². The highest BCUT2D eigenvalue weighted by molar-refractivity contribution is 6.04. The second kappa shape index (κ2) is 5.95. The zero-order valence-corrected chi connectivity index (χ0v) is 10.6. The number of carbonyl (C=O) groups excluding carboxylic acids is 1. The number of amides is 1. The number of benzene rings is 1. The van der Waals surface area contributed by atoms with Crippen LogP contribution in [0.3, 0.4) is 0 Å². The van der Waals surface area contributed by atoms with E-state index in [2.05, 4.69) is 15.3 Å². The molecule has 1 aromatic heterocycles.